The van der Waals surface area contributed by atoms with E-state index in [-0.39, 0.29) is 0 Å². The highest BCUT2D eigenvalue weighted by molar-refractivity contribution is 14.1. The zero-order valence-electron chi connectivity index (χ0n) is 11.3. The van der Waals surface area contributed by atoms with Crippen LogP contribution < -0.4 is 5.32 Å². The van der Waals surface area contributed by atoms with Crippen molar-refractivity contribution in [3.05, 3.63) is 68.6 Å². The van der Waals surface area contributed by atoms with Crippen molar-refractivity contribution in [3.8, 4) is 0 Å². The van der Waals surface area contributed by atoms with Gasteiger partial charge in [-0.25, -0.2) is 0 Å². The zero-order chi connectivity index (χ0) is 13.9. The van der Waals surface area contributed by atoms with E-state index in [1.165, 1.54) is 24.8 Å². The van der Waals surface area contributed by atoms with E-state index in [0.717, 1.165) is 6.42 Å². The smallest absolute Gasteiger partial charge is 0.0359 e. The molecule has 0 spiro atoms. The minimum absolute atomic E-state index is 0.364. The molecule has 0 aliphatic carbocycles. The summed E-state index contributed by atoms with van der Waals surface area (Å²) in [6.45, 7) is 0. The first-order valence-corrected chi connectivity index (χ1v) is 8.61. The monoisotopic (exact) mass is 393 g/mol. The van der Waals surface area contributed by atoms with Crippen LogP contribution in [-0.2, 0) is 6.42 Å². The van der Waals surface area contributed by atoms with Crippen LogP contribution in [0.1, 0.15) is 17.2 Å². The average Bonchev–Trinajstić information content (AvgIpc) is 2.88. The van der Waals surface area contributed by atoms with Crippen molar-refractivity contribution < 1.29 is 0 Å². The zero-order valence-corrected chi connectivity index (χ0v) is 14.2. The lowest BCUT2D eigenvalue weighted by Crippen LogP contribution is -2.18. The van der Waals surface area contributed by atoms with Crippen molar-refractivity contribution in [1.82, 2.24) is 5.32 Å². The predicted octanol–water partition coefficient (Wildman–Crippen LogP) is 5.01. The Morgan fingerprint density at radius 3 is 2.80 bits per heavy atom. The molecule has 0 radical (unpaired) electrons. The molecule has 1 aromatic heterocycles. The van der Waals surface area contributed by atoms with Crippen molar-refractivity contribution in [2.75, 3.05) is 7.05 Å². The van der Waals surface area contributed by atoms with E-state index in [0.29, 0.717) is 6.04 Å². The lowest BCUT2D eigenvalue weighted by molar-refractivity contribution is 0.594. The molecule has 1 atom stereocenters. The predicted molar refractivity (Wildman–Crippen MR) is 96.5 cm³/mol. The second kappa shape index (κ2) is 6.24. The number of hydrogen-bond donors (Lipinski definition) is 1. The van der Waals surface area contributed by atoms with Gasteiger partial charge < -0.3 is 5.32 Å². The molecular weight excluding hydrogens is 377 g/mol. The van der Waals surface area contributed by atoms with Gasteiger partial charge in [-0.3, -0.25) is 0 Å². The number of benzene rings is 2. The van der Waals surface area contributed by atoms with Crippen molar-refractivity contribution >= 4 is 44.0 Å². The van der Waals surface area contributed by atoms with Crippen LogP contribution in [-0.4, -0.2) is 7.05 Å². The van der Waals surface area contributed by atoms with E-state index in [2.05, 4.69) is 81.8 Å². The van der Waals surface area contributed by atoms with E-state index in [1.54, 1.807) is 0 Å². The highest BCUT2D eigenvalue weighted by atomic mass is 127. The maximum atomic E-state index is 3.45. The number of likely N-dealkylation sites (N-methyl/N-ethyl adjacent to an activating group) is 1. The SMILES string of the molecule is CNC(Cc1csc2ccccc12)c1cccc(I)c1. The van der Waals surface area contributed by atoms with E-state index in [9.17, 15) is 0 Å². The van der Waals surface area contributed by atoms with Gasteiger partial charge >= 0.3 is 0 Å². The molecule has 0 fully saturated rings. The summed E-state index contributed by atoms with van der Waals surface area (Å²) in [6.07, 6.45) is 1.03. The van der Waals surface area contributed by atoms with Gasteiger partial charge in [-0.1, -0.05) is 30.3 Å². The van der Waals surface area contributed by atoms with Crippen molar-refractivity contribution in [1.29, 1.82) is 0 Å². The second-order valence-electron chi connectivity index (χ2n) is 4.86. The summed E-state index contributed by atoms with van der Waals surface area (Å²) in [4.78, 5) is 0. The van der Waals surface area contributed by atoms with Gasteiger partial charge in [-0.2, -0.15) is 0 Å². The summed E-state index contributed by atoms with van der Waals surface area (Å²) in [5, 5.41) is 7.14. The first-order chi connectivity index (χ1) is 9.78. The molecule has 20 heavy (non-hydrogen) atoms. The van der Waals surface area contributed by atoms with Gasteiger partial charge in [0.25, 0.3) is 0 Å². The molecule has 1 unspecified atom stereocenters. The molecule has 3 rings (SSSR count). The third-order valence-electron chi connectivity index (χ3n) is 3.58. The molecule has 1 nitrogen and oxygen atoms in total. The van der Waals surface area contributed by atoms with Crippen LogP contribution in [0, 0.1) is 3.57 Å². The standard InChI is InChI=1S/C17H16INS/c1-19-16(12-5-4-6-14(18)9-12)10-13-11-20-17-8-3-2-7-15(13)17/h2-9,11,16,19H,10H2,1H3. The minimum Gasteiger partial charge on any atom is -0.313 e. The van der Waals surface area contributed by atoms with Gasteiger partial charge in [-0.15, -0.1) is 11.3 Å². The highest BCUT2D eigenvalue weighted by Gasteiger charge is 2.13. The molecule has 0 aliphatic rings. The van der Waals surface area contributed by atoms with Gasteiger partial charge in [-0.05, 0) is 76.2 Å². The molecule has 102 valence electrons. The van der Waals surface area contributed by atoms with Gasteiger partial charge in [0.05, 0.1) is 0 Å². The topological polar surface area (TPSA) is 12.0 Å². The number of halogens is 1. The Hall–Kier alpha value is -0.910. The Bertz CT molecular complexity index is 720. The number of hydrogen-bond acceptors (Lipinski definition) is 2. The molecule has 0 saturated carbocycles. The molecule has 3 aromatic rings. The largest absolute Gasteiger partial charge is 0.313 e. The van der Waals surface area contributed by atoms with Crippen LogP contribution in [0.3, 0.4) is 0 Å². The Morgan fingerprint density at radius 2 is 2.00 bits per heavy atom. The Kier molecular flexibility index (Phi) is 4.38. The van der Waals surface area contributed by atoms with Gasteiger partial charge in [0, 0.05) is 14.3 Å². The van der Waals surface area contributed by atoms with Crippen molar-refractivity contribution in [2.24, 2.45) is 0 Å². The fraction of sp³-hybridized carbons (Fsp3) is 0.176. The summed E-state index contributed by atoms with van der Waals surface area (Å²) in [5.41, 5.74) is 2.79. The quantitative estimate of drug-likeness (QED) is 0.615. The number of thiophene rings is 1. The van der Waals surface area contributed by atoms with Crippen LogP contribution in [0.15, 0.2) is 53.9 Å². The van der Waals surface area contributed by atoms with Gasteiger partial charge in [0.1, 0.15) is 0 Å². The average molecular weight is 393 g/mol. The molecule has 0 amide bonds. The molecule has 1 N–H and O–H groups in total. The normalized spacial score (nSPS) is 12.7. The van der Waals surface area contributed by atoms with Crippen LogP contribution in [0.4, 0.5) is 0 Å². The third-order valence-corrected chi connectivity index (χ3v) is 5.27. The lowest BCUT2D eigenvalue weighted by atomic mass is 9.99. The molecule has 0 aliphatic heterocycles. The first-order valence-electron chi connectivity index (χ1n) is 6.66. The Labute approximate surface area is 137 Å². The number of fused-ring (bicyclic) bond motifs is 1. The van der Waals surface area contributed by atoms with E-state index in [4.69, 9.17) is 0 Å². The first kappa shape index (κ1) is 14.0. The maximum Gasteiger partial charge on any atom is 0.0359 e. The van der Waals surface area contributed by atoms with E-state index >= 15 is 0 Å². The van der Waals surface area contributed by atoms with Crippen LogP contribution in [0.5, 0.6) is 0 Å². The summed E-state index contributed by atoms with van der Waals surface area (Å²) in [6, 6.07) is 17.8. The third kappa shape index (κ3) is 2.90. The van der Waals surface area contributed by atoms with E-state index in [1.807, 2.05) is 18.4 Å². The molecule has 3 heteroatoms. The van der Waals surface area contributed by atoms with Crippen molar-refractivity contribution in [3.63, 3.8) is 0 Å². The molecule has 0 bridgehead atoms. The van der Waals surface area contributed by atoms with Crippen LogP contribution >= 0.6 is 33.9 Å². The fourth-order valence-corrected chi connectivity index (χ4v) is 4.06. The van der Waals surface area contributed by atoms with E-state index < -0.39 is 0 Å². The minimum atomic E-state index is 0.364. The van der Waals surface area contributed by atoms with Crippen LogP contribution in [0.25, 0.3) is 10.1 Å². The summed E-state index contributed by atoms with van der Waals surface area (Å²) < 4.78 is 2.66. The van der Waals surface area contributed by atoms with Gasteiger partial charge in [0.15, 0.2) is 0 Å². The molecule has 2 aromatic carbocycles. The van der Waals surface area contributed by atoms with Gasteiger partial charge in [0.2, 0.25) is 0 Å². The Balaban J connectivity index is 1.92. The summed E-state index contributed by atoms with van der Waals surface area (Å²) >= 11 is 4.21. The number of rotatable bonds is 4. The summed E-state index contributed by atoms with van der Waals surface area (Å²) in [5.74, 6) is 0. The van der Waals surface area contributed by atoms with Crippen LogP contribution in [0.2, 0.25) is 0 Å². The second-order valence-corrected chi connectivity index (χ2v) is 7.01. The number of nitrogens with one attached hydrogen (secondary N) is 1. The Morgan fingerprint density at radius 1 is 1.15 bits per heavy atom. The molecular formula is C17H16INS. The lowest BCUT2D eigenvalue weighted by Gasteiger charge is -2.16. The molecule has 0 saturated heterocycles. The molecule has 1 heterocycles. The fourth-order valence-electron chi connectivity index (χ4n) is 2.52. The van der Waals surface area contributed by atoms with Crippen molar-refractivity contribution in [2.45, 2.75) is 12.5 Å². The summed E-state index contributed by atoms with van der Waals surface area (Å²) in [7, 11) is 2.04. The maximum absolute atomic E-state index is 3.45. The highest BCUT2D eigenvalue weighted by Crippen LogP contribution is 2.29.